The van der Waals surface area contributed by atoms with Gasteiger partial charge >= 0.3 is 0 Å². The van der Waals surface area contributed by atoms with Gasteiger partial charge < -0.3 is 5.32 Å². The van der Waals surface area contributed by atoms with E-state index < -0.39 is 0 Å². The van der Waals surface area contributed by atoms with Crippen LogP contribution < -0.4 is 10.9 Å². The molecular weight excluding hydrogens is 248 g/mol. The molecule has 0 saturated heterocycles. The molecule has 94 valence electrons. The SMILES string of the molecule is Cc1csc(Cn2cnc3c(c2=O)CCNC3)n1. The van der Waals surface area contributed by atoms with Gasteiger partial charge in [0.15, 0.2) is 0 Å². The number of fused-ring (bicyclic) bond motifs is 1. The third kappa shape index (κ3) is 2.09. The Balaban J connectivity index is 1.96. The second-order valence-electron chi connectivity index (χ2n) is 4.41. The van der Waals surface area contributed by atoms with Crippen molar-refractivity contribution >= 4 is 11.3 Å². The van der Waals surface area contributed by atoms with E-state index in [-0.39, 0.29) is 5.56 Å². The largest absolute Gasteiger partial charge is 0.311 e. The van der Waals surface area contributed by atoms with Crippen molar-refractivity contribution in [3.63, 3.8) is 0 Å². The van der Waals surface area contributed by atoms with Crippen LogP contribution in [0.25, 0.3) is 0 Å². The Hall–Kier alpha value is -1.53. The predicted octanol–water partition coefficient (Wildman–Crippen LogP) is 0.702. The summed E-state index contributed by atoms with van der Waals surface area (Å²) in [6, 6.07) is 0. The van der Waals surface area contributed by atoms with Gasteiger partial charge in [0.2, 0.25) is 0 Å². The highest BCUT2D eigenvalue weighted by molar-refractivity contribution is 7.09. The summed E-state index contributed by atoms with van der Waals surface area (Å²) in [5.41, 5.74) is 2.81. The maximum atomic E-state index is 12.3. The highest BCUT2D eigenvalue weighted by Crippen LogP contribution is 2.10. The molecule has 0 atom stereocenters. The molecule has 3 heterocycles. The van der Waals surface area contributed by atoms with Crippen LogP contribution >= 0.6 is 11.3 Å². The monoisotopic (exact) mass is 262 g/mol. The first-order chi connectivity index (χ1) is 8.74. The van der Waals surface area contributed by atoms with E-state index in [0.29, 0.717) is 13.1 Å². The second kappa shape index (κ2) is 4.62. The number of hydrogen-bond donors (Lipinski definition) is 1. The topological polar surface area (TPSA) is 59.8 Å². The Labute approximate surface area is 109 Å². The van der Waals surface area contributed by atoms with E-state index in [0.717, 1.165) is 34.9 Å². The third-order valence-electron chi connectivity index (χ3n) is 3.04. The Morgan fingerprint density at radius 3 is 3.22 bits per heavy atom. The molecule has 6 heteroatoms. The summed E-state index contributed by atoms with van der Waals surface area (Å²) in [5.74, 6) is 0. The number of rotatable bonds is 2. The Morgan fingerprint density at radius 2 is 2.44 bits per heavy atom. The summed E-state index contributed by atoms with van der Waals surface area (Å²) >= 11 is 1.58. The maximum Gasteiger partial charge on any atom is 0.257 e. The van der Waals surface area contributed by atoms with E-state index in [9.17, 15) is 4.79 Å². The molecule has 5 nitrogen and oxygen atoms in total. The molecule has 0 aromatic carbocycles. The summed E-state index contributed by atoms with van der Waals surface area (Å²) in [4.78, 5) is 21.0. The molecule has 0 spiro atoms. The first kappa shape index (κ1) is 11.6. The molecule has 0 fully saturated rings. The van der Waals surface area contributed by atoms with Gasteiger partial charge in [-0.15, -0.1) is 11.3 Å². The average molecular weight is 262 g/mol. The quantitative estimate of drug-likeness (QED) is 0.865. The molecule has 1 aliphatic heterocycles. The van der Waals surface area contributed by atoms with Crippen molar-refractivity contribution < 1.29 is 0 Å². The van der Waals surface area contributed by atoms with Crippen LogP contribution in [0, 0.1) is 6.92 Å². The molecule has 0 aliphatic carbocycles. The van der Waals surface area contributed by atoms with Gasteiger partial charge in [0.25, 0.3) is 5.56 Å². The summed E-state index contributed by atoms with van der Waals surface area (Å²) in [6.45, 7) is 4.02. The lowest BCUT2D eigenvalue weighted by molar-refractivity contribution is 0.596. The molecule has 2 aromatic heterocycles. The van der Waals surface area contributed by atoms with Crippen molar-refractivity contribution in [1.82, 2.24) is 19.9 Å². The van der Waals surface area contributed by atoms with Crippen molar-refractivity contribution in [1.29, 1.82) is 0 Å². The van der Waals surface area contributed by atoms with E-state index >= 15 is 0 Å². The van der Waals surface area contributed by atoms with Crippen molar-refractivity contribution in [2.75, 3.05) is 6.54 Å². The van der Waals surface area contributed by atoms with Crippen LogP contribution in [0.4, 0.5) is 0 Å². The minimum atomic E-state index is 0.0781. The molecule has 18 heavy (non-hydrogen) atoms. The molecule has 1 aliphatic rings. The van der Waals surface area contributed by atoms with Crippen molar-refractivity contribution in [2.24, 2.45) is 0 Å². The van der Waals surface area contributed by atoms with E-state index in [1.54, 1.807) is 22.2 Å². The summed E-state index contributed by atoms with van der Waals surface area (Å²) in [7, 11) is 0. The van der Waals surface area contributed by atoms with Gasteiger partial charge in [-0.2, -0.15) is 0 Å². The molecule has 0 unspecified atom stereocenters. The van der Waals surface area contributed by atoms with Gasteiger partial charge in [-0.05, 0) is 19.9 Å². The van der Waals surface area contributed by atoms with Crippen LogP contribution in [0.5, 0.6) is 0 Å². The number of thiazole rings is 1. The number of aromatic nitrogens is 3. The Morgan fingerprint density at radius 1 is 1.56 bits per heavy atom. The van der Waals surface area contributed by atoms with Crippen LogP contribution in [0.15, 0.2) is 16.5 Å². The minimum Gasteiger partial charge on any atom is -0.311 e. The fraction of sp³-hybridized carbons (Fsp3) is 0.417. The standard InChI is InChI=1S/C12H14N4OS/c1-8-6-18-11(15-8)5-16-7-14-10-4-13-3-2-9(10)12(16)17/h6-7,13H,2-5H2,1H3. The maximum absolute atomic E-state index is 12.3. The van der Waals surface area contributed by atoms with Gasteiger partial charge in [0, 0.05) is 23.2 Å². The molecule has 0 saturated carbocycles. The predicted molar refractivity (Wildman–Crippen MR) is 69.9 cm³/mol. The molecular formula is C12H14N4OS. The van der Waals surface area contributed by atoms with E-state index in [4.69, 9.17) is 0 Å². The highest BCUT2D eigenvalue weighted by Gasteiger charge is 2.15. The van der Waals surface area contributed by atoms with Crippen LogP contribution in [0.1, 0.15) is 22.0 Å². The lowest BCUT2D eigenvalue weighted by atomic mass is 10.1. The number of nitrogens with zero attached hydrogens (tertiary/aromatic N) is 3. The lowest BCUT2D eigenvalue weighted by Gasteiger charge is -2.16. The number of hydrogen-bond acceptors (Lipinski definition) is 5. The Bertz CT molecular complexity index is 631. The van der Waals surface area contributed by atoms with Gasteiger partial charge in [-0.3, -0.25) is 9.36 Å². The fourth-order valence-electron chi connectivity index (χ4n) is 2.12. The van der Waals surface area contributed by atoms with Crippen molar-refractivity contribution in [2.45, 2.75) is 26.4 Å². The van der Waals surface area contributed by atoms with Gasteiger partial charge in [0.1, 0.15) is 5.01 Å². The van der Waals surface area contributed by atoms with Crippen molar-refractivity contribution in [3.05, 3.63) is 44.0 Å². The third-order valence-corrected chi connectivity index (χ3v) is 3.99. The summed E-state index contributed by atoms with van der Waals surface area (Å²) < 4.78 is 1.66. The number of nitrogens with one attached hydrogen (secondary N) is 1. The van der Waals surface area contributed by atoms with Crippen LogP contribution in [0.2, 0.25) is 0 Å². The molecule has 2 aromatic rings. The van der Waals surface area contributed by atoms with Crippen LogP contribution in [-0.2, 0) is 19.5 Å². The number of aryl methyl sites for hydroxylation is 1. The zero-order valence-electron chi connectivity index (χ0n) is 10.1. The molecule has 1 N–H and O–H groups in total. The smallest absolute Gasteiger partial charge is 0.257 e. The minimum absolute atomic E-state index is 0.0781. The van der Waals surface area contributed by atoms with E-state index in [2.05, 4.69) is 15.3 Å². The van der Waals surface area contributed by atoms with Crippen LogP contribution in [-0.4, -0.2) is 21.1 Å². The average Bonchev–Trinajstić information content (AvgIpc) is 2.79. The zero-order valence-corrected chi connectivity index (χ0v) is 11.0. The summed E-state index contributed by atoms with van der Waals surface area (Å²) in [5, 5.41) is 6.17. The van der Waals surface area contributed by atoms with Gasteiger partial charge in [-0.25, -0.2) is 9.97 Å². The highest BCUT2D eigenvalue weighted by atomic mass is 32.1. The van der Waals surface area contributed by atoms with Gasteiger partial charge in [0.05, 0.1) is 18.6 Å². The molecule has 0 amide bonds. The normalized spacial score (nSPS) is 14.5. The molecule has 0 bridgehead atoms. The lowest BCUT2D eigenvalue weighted by Crippen LogP contribution is -2.34. The molecule has 0 radical (unpaired) electrons. The van der Waals surface area contributed by atoms with E-state index in [1.165, 1.54) is 0 Å². The summed E-state index contributed by atoms with van der Waals surface area (Å²) in [6.07, 6.45) is 2.39. The van der Waals surface area contributed by atoms with Gasteiger partial charge in [-0.1, -0.05) is 0 Å². The first-order valence-electron chi connectivity index (χ1n) is 5.93. The fourth-order valence-corrected chi connectivity index (χ4v) is 2.89. The zero-order chi connectivity index (χ0) is 12.5. The van der Waals surface area contributed by atoms with E-state index in [1.807, 2.05) is 12.3 Å². The first-order valence-corrected chi connectivity index (χ1v) is 6.81. The second-order valence-corrected chi connectivity index (χ2v) is 5.35. The van der Waals surface area contributed by atoms with Crippen molar-refractivity contribution in [3.8, 4) is 0 Å². The Kier molecular flexibility index (Phi) is 2.97. The van der Waals surface area contributed by atoms with Crippen LogP contribution in [0.3, 0.4) is 0 Å². The molecule has 3 rings (SSSR count).